The van der Waals surface area contributed by atoms with Gasteiger partial charge in [0, 0.05) is 5.39 Å². The van der Waals surface area contributed by atoms with E-state index in [4.69, 9.17) is 4.74 Å². The lowest BCUT2D eigenvalue weighted by Crippen LogP contribution is -1.98. The maximum Gasteiger partial charge on any atom is 0.130 e. The summed E-state index contributed by atoms with van der Waals surface area (Å²) in [6.45, 7) is 2.26. The second-order valence-electron chi connectivity index (χ2n) is 4.73. The third kappa shape index (κ3) is 2.57. The summed E-state index contributed by atoms with van der Waals surface area (Å²) < 4.78 is 5.70. The second kappa shape index (κ2) is 5.21. The van der Waals surface area contributed by atoms with Crippen molar-refractivity contribution in [2.24, 2.45) is 0 Å². The number of pyridine rings is 1. The topological polar surface area (TPSA) is 42.4 Å². The van der Waals surface area contributed by atoms with Crippen molar-refractivity contribution in [3.05, 3.63) is 65.9 Å². The van der Waals surface area contributed by atoms with E-state index in [2.05, 4.69) is 4.98 Å². The SMILES string of the molecule is Cc1cc(OCc2ccc3ccccc3n2)ccc1O. The number of fused-ring (bicyclic) bond motifs is 1. The minimum Gasteiger partial charge on any atom is -0.508 e. The first-order chi connectivity index (χ1) is 9.72. The lowest BCUT2D eigenvalue weighted by Gasteiger charge is -2.08. The van der Waals surface area contributed by atoms with Crippen LogP contribution in [0.5, 0.6) is 11.5 Å². The van der Waals surface area contributed by atoms with Crippen molar-refractivity contribution in [3.63, 3.8) is 0 Å². The van der Waals surface area contributed by atoms with Gasteiger partial charge in [0.1, 0.15) is 18.1 Å². The molecular formula is C17H15NO2. The monoisotopic (exact) mass is 265 g/mol. The molecule has 0 spiro atoms. The van der Waals surface area contributed by atoms with Crippen LogP contribution in [0.1, 0.15) is 11.3 Å². The predicted molar refractivity (Wildman–Crippen MR) is 78.9 cm³/mol. The molecule has 1 aromatic heterocycles. The summed E-state index contributed by atoms with van der Waals surface area (Å²) in [5, 5.41) is 10.6. The highest BCUT2D eigenvalue weighted by Crippen LogP contribution is 2.22. The lowest BCUT2D eigenvalue weighted by atomic mass is 10.2. The summed E-state index contributed by atoms with van der Waals surface area (Å²) in [6, 6.07) is 17.2. The summed E-state index contributed by atoms with van der Waals surface area (Å²) in [6.07, 6.45) is 0. The van der Waals surface area contributed by atoms with Gasteiger partial charge in [-0.1, -0.05) is 24.3 Å². The van der Waals surface area contributed by atoms with Crippen molar-refractivity contribution < 1.29 is 9.84 Å². The molecule has 1 N–H and O–H groups in total. The minimum atomic E-state index is 0.279. The van der Waals surface area contributed by atoms with Gasteiger partial charge in [-0.15, -0.1) is 0 Å². The van der Waals surface area contributed by atoms with Crippen molar-refractivity contribution in [1.29, 1.82) is 0 Å². The zero-order valence-electron chi connectivity index (χ0n) is 11.2. The highest BCUT2D eigenvalue weighted by Gasteiger charge is 2.02. The van der Waals surface area contributed by atoms with E-state index in [9.17, 15) is 5.11 Å². The Kier molecular flexibility index (Phi) is 3.25. The number of ether oxygens (including phenoxy) is 1. The van der Waals surface area contributed by atoms with Gasteiger partial charge in [-0.05, 0) is 42.8 Å². The van der Waals surface area contributed by atoms with Gasteiger partial charge in [-0.3, -0.25) is 0 Å². The van der Waals surface area contributed by atoms with Crippen LogP contribution < -0.4 is 4.74 Å². The summed E-state index contributed by atoms with van der Waals surface area (Å²) >= 11 is 0. The fourth-order valence-electron chi connectivity index (χ4n) is 2.06. The molecule has 0 unspecified atom stereocenters. The Labute approximate surface area is 117 Å². The maximum atomic E-state index is 9.48. The van der Waals surface area contributed by atoms with Gasteiger partial charge < -0.3 is 9.84 Å². The maximum absolute atomic E-state index is 9.48. The number of aromatic nitrogens is 1. The average Bonchev–Trinajstić information content (AvgIpc) is 2.48. The summed E-state index contributed by atoms with van der Waals surface area (Å²) in [5.74, 6) is 1.01. The molecule has 0 saturated carbocycles. The molecule has 3 nitrogen and oxygen atoms in total. The fourth-order valence-corrected chi connectivity index (χ4v) is 2.06. The van der Waals surface area contributed by atoms with Gasteiger partial charge in [0.05, 0.1) is 11.2 Å². The van der Waals surface area contributed by atoms with Crippen molar-refractivity contribution >= 4 is 10.9 Å². The number of phenols is 1. The van der Waals surface area contributed by atoms with Crippen LogP contribution in [0.15, 0.2) is 54.6 Å². The van der Waals surface area contributed by atoms with Gasteiger partial charge in [-0.2, -0.15) is 0 Å². The first kappa shape index (κ1) is 12.5. The Morgan fingerprint density at radius 3 is 2.75 bits per heavy atom. The largest absolute Gasteiger partial charge is 0.508 e. The number of hydrogen-bond donors (Lipinski definition) is 1. The van der Waals surface area contributed by atoms with E-state index in [1.54, 1.807) is 12.1 Å². The normalized spacial score (nSPS) is 10.7. The molecular weight excluding hydrogens is 250 g/mol. The van der Waals surface area contributed by atoms with Crippen LogP contribution in [-0.2, 0) is 6.61 Å². The van der Waals surface area contributed by atoms with E-state index in [1.807, 2.05) is 49.4 Å². The highest BCUT2D eigenvalue weighted by atomic mass is 16.5. The number of aryl methyl sites for hydroxylation is 1. The zero-order valence-corrected chi connectivity index (χ0v) is 11.2. The Balaban J connectivity index is 1.77. The van der Waals surface area contributed by atoms with Crippen molar-refractivity contribution in [3.8, 4) is 11.5 Å². The molecule has 0 atom stereocenters. The molecule has 100 valence electrons. The molecule has 0 saturated heterocycles. The van der Waals surface area contributed by atoms with Gasteiger partial charge >= 0.3 is 0 Å². The third-order valence-corrected chi connectivity index (χ3v) is 3.21. The standard InChI is InChI=1S/C17H15NO2/c1-12-10-15(8-9-17(12)19)20-11-14-7-6-13-4-2-3-5-16(13)18-14/h2-10,19H,11H2,1H3. The van der Waals surface area contributed by atoms with Crippen LogP contribution in [0.25, 0.3) is 10.9 Å². The minimum absolute atomic E-state index is 0.279. The number of phenolic OH excluding ortho intramolecular Hbond substituents is 1. The van der Waals surface area contributed by atoms with Crippen LogP contribution in [0.2, 0.25) is 0 Å². The summed E-state index contributed by atoms with van der Waals surface area (Å²) in [5.41, 5.74) is 2.65. The van der Waals surface area contributed by atoms with Gasteiger partial charge in [0.2, 0.25) is 0 Å². The van der Waals surface area contributed by atoms with Crippen molar-refractivity contribution in [1.82, 2.24) is 4.98 Å². The number of para-hydroxylation sites is 1. The van der Waals surface area contributed by atoms with Crippen LogP contribution in [-0.4, -0.2) is 10.1 Å². The van der Waals surface area contributed by atoms with Crippen LogP contribution in [0.4, 0.5) is 0 Å². The van der Waals surface area contributed by atoms with Crippen LogP contribution in [0, 0.1) is 6.92 Å². The van der Waals surface area contributed by atoms with E-state index in [1.165, 1.54) is 0 Å². The Hall–Kier alpha value is -2.55. The summed E-state index contributed by atoms with van der Waals surface area (Å²) in [7, 11) is 0. The van der Waals surface area contributed by atoms with Crippen LogP contribution in [0.3, 0.4) is 0 Å². The number of benzene rings is 2. The van der Waals surface area contributed by atoms with Gasteiger partial charge in [0.25, 0.3) is 0 Å². The Bertz CT molecular complexity index is 753. The quantitative estimate of drug-likeness (QED) is 0.782. The smallest absolute Gasteiger partial charge is 0.130 e. The molecule has 0 bridgehead atoms. The van der Waals surface area contributed by atoms with Crippen molar-refractivity contribution in [2.45, 2.75) is 13.5 Å². The van der Waals surface area contributed by atoms with E-state index in [0.717, 1.165) is 27.9 Å². The molecule has 3 aromatic rings. The second-order valence-corrected chi connectivity index (χ2v) is 4.73. The molecule has 0 fully saturated rings. The molecule has 2 aromatic carbocycles. The van der Waals surface area contributed by atoms with E-state index in [0.29, 0.717) is 6.61 Å². The van der Waals surface area contributed by atoms with Gasteiger partial charge in [0.15, 0.2) is 0 Å². The van der Waals surface area contributed by atoms with Crippen molar-refractivity contribution in [2.75, 3.05) is 0 Å². The molecule has 0 radical (unpaired) electrons. The number of nitrogens with zero attached hydrogens (tertiary/aromatic N) is 1. The van der Waals surface area contributed by atoms with E-state index < -0.39 is 0 Å². The molecule has 20 heavy (non-hydrogen) atoms. The third-order valence-electron chi connectivity index (χ3n) is 3.21. The molecule has 0 aliphatic rings. The highest BCUT2D eigenvalue weighted by molar-refractivity contribution is 5.78. The first-order valence-electron chi connectivity index (χ1n) is 6.49. The average molecular weight is 265 g/mol. The molecule has 3 rings (SSSR count). The number of aromatic hydroxyl groups is 1. The van der Waals surface area contributed by atoms with Gasteiger partial charge in [-0.25, -0.2) is 4.98 Å². The molecule has 0 aliphatic heterocycles. The fraction of sp³-hybridized carbons (Fsp3) is 0.118. The predicted octanol–water partition coefficient (Wildman–Crippen LogP) is 3.83. The molecule has 1 heterocycles. The molecule has 0 amide bonds. The Morgan fingerprint density at radius 1 is 1.05 bits per heavy atom. The molecule has 3 heteroatoms. The zero-order chi connectivity index (χ0) is 13.9. The molecule has 0 aliphatic carbocycles. The van der Waals surface area contributed by atoms with E-state index in [-0.39, 0.29) is 5.75 Å². The number of hydrogen-bond acceptors (Lipinski definition) is 3. The van der Waals surface area contributed by atoms with Crippen LogP contribution >= 0.6 is 0 Å². The summed E-state index contributed by atoms with van der Waals surface area (Å²) in [4.78, 5) is 4.56. The Morgan fingerprint density at radius 2 is 1.90 bits per heavy atom. The first-order valence-corrected chi connectivity index (χ1v) is 6.49. The van der Waals surface area contributed by atoms with E-state index >= 15 is 0 Å². The lowest BCUT2D eigenvalue weighted by molar-refractivity contribution is 0.301. The number of rotatable bonds is 3.